The van der Waals surface area contributed by atoms with E-state index in [-0.39, 0.29) is 31.0 Å². The maximum absolute atomic E-state index is 12.4. The van der Waals surface area contributed by atoms with E-state index in [0.29, 0.717) is 12.0 Å². The molecule has 1 saturated heterocycles. The zero-order valence-corrected chi connectivity index (χ0v) is 13.8. The van der Waals surface area contributed by atoms with E-state index in [1.54, 1.807) is 0 Å². The van der Waals surface area contributed by atoms with Crippen LogP contribution in [0.5, 0.6) is 5.88 Å². The van der Waals surface area contributed by atoms with E-state index in [2.05, 4.69) is 15.6 Å². The summed E-state index contributed by atoms with van der Waals surface area (Å²) < 4.78 is 42.6. The van der Waals surface area contributed by atoms with Crippen LogP contribution in [0.25, 0.3) is 0 Å². The number of ether oxygens (including phenoxy) is 1. The molecule has 2 aliphatic rings. The summed E-state index contributed by atoms with van der Waals surface area (Å²) in [6, 6.07) is 2.40. The average molecular weight is 357 g/mol. The van der Waals surface area contributed by atoms with Gasteiger partial charge in [0.1, 0.15) is 6.61 Å². The lowest BCUT2D eigenvalue weighted by molar-refractivity contribution is -0.137. The number of hydrogen-bond donors (Lipinski definition) is 2. The van der Waals surface area contributed by atoms with Crippen molar-refractivity contribution >= 4 is 5.91 Å². The summed E-state index contributed by atoms with van der Waals surface area (Å²) in [4.78, 5) is 15.8. The Morgan fingerprint density at radius 2 is 2.12 bits per heavy atom. The molecule has 0 spiro atoms. The van der Waals surface area contributed by atoms with Crippen LogP contribution < -0.4 is 15.4 Å². The van der Waals surface area contributed by atoms with Crippen molar-refractivity contribution in [2.75, 3.05) is 13.2 Å². The molecule has 0 aromatic carbocycles. The fourth-order valence-corrected chi connectivity index (χ4v) is 3.61. The van der Waals surface area contributed by atoms with Gasteiger partial charge >= 0.3 is 6.18 Å². The first kappa shape index (κ1) is 18.0. The van der Waals surface area contributed by atoms with Gasteiger partial charge < -0.3 is 15.4 Å². The SMILES string of the molecule is O=C(NCCOc1ccc(C(F)(F)F)cn1)[C@@H]1C[C@H]2CCCC[C@@H]2N1. The normalized spacial score (nSPS) is 26.1. The molecule has 5 nitrogen and oxygen atoms in total. The van der Waals surface area contributed by atoms with E-state index in [1.807, 2.05) is 0 Å². The van der Waals surface area contributed by atoms with Crippen molar-refractivity contribution in [1.29, 1.82) is 0 Å². The lowest BCUT2D eigenvalue weighted by atomic mass is 9.85. The molecule has 0 radical (unpaired) electrons. The second kappa shape index (κ2) is 7.59. The van der Waals surface area contributed by atoms with Crippen molar-refractivity contribution in [3.05, 3.63) is 23.9 Å². The molecule has 3 rings (SSSR count). The van der Waals surface area contributed by atoms with E-state index in [9.17, 15) is 18.0 Å². The zero-order valence-electron chi connectivity index (χ0n) is 13.8. The van der Waals surface area contributed by atoms with Gasteiger partial charge in [0, 0.05) is 18.3 Å². The third-order valence-corrected chi connectivity index (χ3v) is 4.89. The number of nitrogens with zero attached hydrogens (tertiary/aromatic N) is 1. The van der Waals surface area contributed by atoms with Crippen LogP contribution in [0, 0.1) is 5.92 Å². The maximum Gasteiger partial charge on any atom is 0.417 e. The number of rotatable bonds is 5. The summed E-state index contributed by atoms with van der Waals surface area (Å²) >= 11 is 0. The standard InChI is InChI=1S/C17H22F3N3O2/c18-17(19,20)12-5-6-15(22-10-12)25-8-7-21-16(24)14-9-11-3-1-2-4-13(11)23-14/h5-6,10-11,13-14,23H,1-4,7-9H2,(H,21,24)/t11-,13+,14+/m1/s1. The zero-order chi connectivity index (χ0) is 17.9. The lowest BCUT2D eigenvalue weighted by Crippen LogP contribution is -2.44. The highest BCUT2D eigenvalue weighted by atomic mass is 19.4. The molecule has 1 aliphatic carbocycles. The maximum atomic E-state index is 12.4. The van der Waals surface area contributed by atoms with Gasteiger partial charge in [-0.2, -0.15) is 13.2 Å². The first-order valence-electron chi connectivity index (χ1n) is 8.63. The lowest BCUT2D eigenvalue weighted by Gasteiger charge is -2.24. The summed E-state index contributed by atoms with van der Waals surface area (Å²) in [5.41, 5.74) is -0.818. The van der Waals surface area contributed by atoms with E-state index in [4.69, 9.17) is 4.74 Å². The minimum atomic E-state index is -4.41. The number of pyridine rings is 1. The molecular formula is C17H22F3N3O2. The average Bonchev–Trinajstić information content (AvgIpc) is 3.02. The Balaban J connectivity index is 1.37. The second-order valence-electron chi connectivity index (χ2n) is 6.63. The van der Waals surface area contributed by atoms with Crippen LogP contribution in [0.3, 0.4) is 0 Å². The van der Waals surface area contributed by atoms with Crippen molar-refractivity contribution in [1.82, 2.24) is 15.6 Å². The number of nitrogens with one attached hydrogen (secondary N) is 2. The fraction of sp³-hybridized carbons (Fsp3) is 0.647. The molecule has 2 N–H and O–H groups in total. The largest absolute Gasteiger partial charge is 0.476 e. The summed E-state index contributed by atoms with van der Waals surface area (Å²) in [6.45, 7) is 0.443. The number of fused-ring (bicyclic) bond motifs is 1. The topological polar surface area (TPSA) is 63.2 Å². The predicted octanol–water partition coefficient (Wildman–Crippen LogP) is 2.52. The molecule has 3 atom stereocenters. The molecule has 25 heavy (non-hydrogen) atoms. The molecule has 1 aliphatic heterocycles. The van der Waals surface area contributed by atoms with Crippen LogP contribution in [0.15, 0.2) is 18.3 Å². The van der Waals surface area contributed by atoms with Crippen LogP contribution in [0.4, 0.5) is 13.2 Å². The van der Waals surface area contributed by atoms with E-state index in [0.717, 1.165) is 25.1 Å². The van der Waals surface area contributed by atoms with Crippen LogP contribution in [0.2, 0.25) is 0 Å². The Morgan fingerprint density at radius 1 is 1.32 bits per heavy atom. The second-order valence-corrected chi connectivity index (χ2v) is 6.63. The fourth-order valence-electron chi connectivity index (χ4n) is 3.61. The van der Waals surface area contributed by atoms with Crippen molar-refractivity contribution in [3.8, 4) is 5.88 Å². The van der Waals surface area contributed by atoms with Crippen LogP contribution in [0.1, 0.15) is 37.7 Å². The number of amides is 1. The molecule has 0 unspecified atom stereocenters. The number of carbonyl (C=O) groups is 1. The highest BCUT2D eigenvalue weighted by molar-refractivity contribution is 5.82. The number of carbonyl (C=O) groups excluding carboxylic acids is 1. The smallest absolute Gasteiger partial charge is 0.417 e. The molecule has 2 heterocycles. The molecule has 1 saturated carbocycles. The van der Waals surface area contributed by atoms with Crippen molar-refractivity contribution in [2.24, 2.45) is 5.92 Å². The van der Waals surface area contributed by atoms with Gasteiger partial charge in [-0.3, -0.25) is 4.79 Å². The quantitative estimate of drug-likeness (QED) is 0.795. The van der Waals surface area contributed by atoms with Crippen LogP contribution in [-0.4, -0.2) is 36.1 Å². The van der Waals surface area contributed by atoms with Gasteiger partial charge in [-0.05, 0) is 31.2 Å². The van der Waals surface area contributed by atoms with E-state index >= 15 is 0 Å². The van der Waals surface area contributed by atoms with Gasteiger partial charge in [-0.15, -0.1) is 0 Å². The van der Waals surface area contributed by atoms with Crippen molar-refractivity contribution in [2.45, 2.75) is 50.4 Å². The molecule has 0 bridgehead atoms. The highest BCUT2D eigenvalue weighted by Gasteiger charge is 2.38. The van der Waals surface area contributed by atoms with Gasteiger partial charge in [0.05, 0.1) is 18.2 Å². The molecule has 1 aromatic heterocycles. The number of halogens is 3. The number of alkyl halides is 3. The Morgan fingerprint density at radius 3 is 2.80 bits per heavy atom. The van der Waals surface area contributed by atoms with Crippen molar-refractivity contribution in [3.63, 3.8) is 0 Å². The Hall–Kier alpha value is -1.83. The van der Waals surface area contributed by atoms with Gasteiger partial charge in [0.15, 0.2) is 0 Å². The summed E-state index contributed by atoms with van der Waals surface area (Å²) in [7, 11) is 0. The van der Waals surface area contributed by atoms with Gasteiger partial charge in [0.2, 0.25) is 11.8 Å². The van der Waals surface area contributed by atoms with Gasteiger partial charge in [-0.25, -0.2) is 4.98 Å². The first-order valence-corrected chi connectivity index (χ1v) is 8.63. The summed E-state index contributed by atoms with van der Waals surface area (Å²) in [5.74, 6) is 0.655. The third kappa shape index (κ3) is 4.62. The first-order chi connectivity index (χ1) is 11.9. The third-order valence-electron chi connectivity index (χ3n) is 4.89. The molecule has 138 valence electrons. The Labute approximate surface area is 144 Å². The number of hydrogen-bond acceptors (Lipinski definition) is 4. The Bertz CT molecular complexity index is 578. The molecule has 8 heteroatoms. The molecule has 1 amide bonds. The van der Waals surface area contributed by atoms with Gasteiger partial charge in [0.25, 0.3) is 0 Å². The minimum absolute atomic E-state index is 0.0432. The monoisotopic (exact) mass is 357 g/mol. The minimum Gasteiger partial charge on any atom is -0.476 e. The number of aromatic nitrogens is 1. The van der Waals surface area contributed by atoms with E-state index in [1.165, 1.54) is 25.3 Å². The highest BCUT2D eigenvalue weighted by Crippen LogP contribution is 2.33. The molecular weight excluding hydrogens is 335 g/mol. The van der Waals surface area contributed by atoms with Crippen LogP contribution >= 0.6 is 0 Å². The van der Waals surface area contributed by atoms with E-state index < -0.39 is 11.7 Å². The summed E-state index contributed by atoms with van der Waals surface area (Å²) in [5, 5.41) is 6.21. The van der Waals surface area contributed by atoms with Gasteiger partial charge in [-0.1, -0.05) is 12.8 Å². The molecule has 1 aromatic rings. The predicted molar refractivity (Wildman–Crippen MR) is 85.0 cm³/mol. The Kier molecular flexibility index (Phi) is 5.46. The molecule has 2 fully saturated rings. The summed E-state index contributed by atoms with van der Waals surface area (Å²) in [6.07, 6.45) is 1.98. The van der Waals surface area contributed by atoms with Crippen molar-refractivity contribution < 1.29 is 22.7 Å². The van der Waals surface area contributed by atoms with Crippen LogP contribution in [-0.2, 0) is 11.0 Å².